The molecular formula is C16H14Cl2N4O2. The molecule has 1 heterocycles. The monoisotopic (exact) mass is 364 g/mol. The lowest BCUT2D eigenvalue weighted by Gasteiger charge is -2.06. The van der Waals surface area contributed by atoms with Crippen LogP contribution >= 0.6 is 23.2 Å². The van der Waals surface area contributed by atoms with Gasteiger partial charge in [-0.05, 0) is 36.8 Å². The lowest BCUT2D eigenvalue weighted by molar-refractivity contribution is -0.120. The molecule has 8 heteroatoms. The van der Waals surface area contributed by atoms with Crippen molar-refractivity contribution in [2.45, 2.75) is 6.92 Å². The molecule has 2 rings (SSSR count). The van der Waals surface area contributed by atoms with Crippen LogP contribution < -0.4 is 10.7 Å². The highest BCUT2D eigenvalue weighted by atomic mass is 35.5. The van der Waals surface area contributed by atoms with Gasteiger partial charge in [-0.3, -0.25) is 14.6 Å². The second-order valence-electron chi connectivity index (χ2n) is 4.79. The number of halogens is 2. The first-order valence-corrected chi connectivity index (χ1v) is 7.69. The van der Waals surface area contributed by atoms with Gasteiger partial charge in [0.2, 0.25) is 0 Å². The zero-order valence-electron chi connectivity index (χ0n) is 12.7. The van der Waals surface area contributed by atoms with E-state index in [9.17, 15) is 9.59 Å². The molecule has 0 fully saturated rings. The van der Waals surface area contributed by atoms with Crippen LogP contribution in [0.4, 0.5) is 0 Å². The van der Waals surface area contributed by atoms with Gasteiger partial charge in [0.05, 0.1) is 27.9 Å². The summed E-state index contributed by atoms with van der Waals surface area (Å²) >= 11 is 11.8. The number of carbonyl (C=O) groups excluding carboxylic acids is 2. The Labute approximate surface area is 148 Å². The van der Waals surface area contributed by atoms with E-state index in [1.165, 1.54) is 6.20 Å². The number of aromatic nitrogens is 1. The highest BCUT2D eigenvalue weighted by Gasteiger charge is 2.08. The molecule has 0 aliphatic heterocycles. The van der Waals surface area contributed by atoms with Crippen LogP contribution in [-0.4, -0.2) is 29.1 Å². The Morgan fingerprint density at radius 1 is 1.17 bits per heavy atom. The predicted molar refractivity (Wildman–Crippen MR) is 93.4 cm³/mol. The molecule has 0 aliphatic rings. The molecule has 1 aromatic heterocycles. The first-order chi connectivity index (χ1) is 11.5. The fraction of sp³-hybridized carbons (Fsp3) is 0.125. The maximum atomic E-state index is 11.8. The third-order valence-electron chi connectivity index (χ3n) is 3.02. The SMILES string of the molecule is C/C(=N/NC(=O)CNC(=O)c1cccnc1)c1ccc(Cl)c(Cl)c1. The zero-order chi connectivity index (χ0) is 17.5. The van der Waals surface area contributed by atoms with Crippen LogP contribution in [0.3, 0.4) is 0 Å². The summed E-state index contributed by atoms with van der Waals surface area (Å²) in [5.74, 6) is -0.838. The number of hydrazone groups is 1. The van der Waals surface area contributed by atoms with Gasteiger partial charge in [-0.15, -0.1) is 0 Å². The third kappa shape index (κ3) is 5.04. The number of carbonyl (C=O) groups is 2. The van der Waals surface area contributed by atoms with Crippen LogP contribution in [0.2, 0.25) is 10.0 Å². The predicted octanol–water partition coefficient (Wildman–Crippen LogP) is 2.66. The molecule has 2 amide bonds. The normalized spacial score (nSPS) is 11.0. The summed E-state index contributed by atoms with van der Waals surface area (Å²) in [5, 5.41) is 7.29. The Balaban J connectivity index is 1.88. The number of hydrogen-bond acceptors (Lipinski definition) is 4. The molecule has 0 unspecified atom stereocenters. The van der Waals surface area contributed by atoms with Crippen LogP contribution in [-0.2, 0) is 4.79 Å². The second-order valence-corrected chi connectivity index (χ2v) is 5.60. The van der Waals surface area contributed by atoms with Gasteiger partial charge in [-0.25, -0.2) is 5.43 Å². The highest BCUT2D eigenvalue weighted by molar-refractivity contribution is 6.42. The minimum Gasteiger partial charge on any atom is -0.343 e. The van der Waals surface area contributed by atoms with Gasteiger partial charge in [0.25, 0.3) is 11.8 Å². The second kappa shape index (κ2) is 8.42. The van der Waals surface area contributed by atoms with Crippen molar-refractivity contribution in [3.8, 4) is 0 Å². The molecule has 0 saturated heterocycles. The van der Waals surface area contributed by atoms with E-state index in [1.54, 1.807) is 43.5 Å². The Kier molecular flexibility index (Phi) is 6.28. The van der Waals surface area contributed by atoms with E-state index in [0.29, 0.717) is 21.3 Å². The van der Waals surface area contributed by atoms with Crippen LogP contribution in [0, 0.1) is 0 Å². The molecule has 0 bridgehead atoms. The molecule has 0 atom stereocenters. The Bertz CT molecular complexity index is 779. The molecule has 0 aliphatic carbocycles. The van der Waals surface area contributed by atoms with Crippen molar-refractivity contribution in [1.82, 2.24) is 15.7 Å². The van der Waals surface area contributed by atoms with E-state index in [1.807, 2.05) is 0 Å². The van der Waals surface area contributed by atoms with Crippen molar-refractivity contribution in [3.63, 3.8) is 0 Å². The largest absolute Gasteiger partial charge is 0.343 e. The third-order valence-corrected chi connectivity index (χ3v) is 3.76. The molecule has 0 spiro atoms. The van der Waals surface area contributed by atoms with Crippen LogP contribution in [0.25, 0.3) is 0 Å². The Hall–Kier alpha value is -2.44. The van der Waals surface area contributed by atoms with Gasteiger partial charge in [0, 0.05) is 12.4 Å². The first-order valence-electron chi connectivity index (χ1n) is 6.94. The maximum Gasteiger partial charge on any atom is 0.259 e. The minimum absolute atomic E-state index is 0.202. The average Bonchev–Trinajstić information content (AvgIpc) is 2.60. The molecular weight excluding hydrogens is 351 g/mol. The minimum atomic E-state index is -0.452. The quantitative estimate of drug-likeness (QED) is 0.631. The zero-order valence-corrected chi connectivity index (χ0v) is 14.2. The van der Waals surface area contributed by atoms with Crippen molar-refractivity contribution >= 4 is 40.7 Å². The van der Waals surface area contributed by atoms with E-state index in [0.717, 1.165) is 5.56 Å². The Morgan fingerprint density at radius 3 is 2.62 bits per heavy atom. The number of rotatable bonds is 5. The standard InChI is InChI=1S/C16H14Cl2N4O2/c1-10(11-4-5-13(17)14(18)7-11)21-22-15(23)9-20-16(24)12-3-2-6-19-8-12/h2-8H,9H2,1H3,(H,20,24)(H,22,23)/b21-10-. The van der Waals surface area contributed by atoms with Crippen LogP contribution in [0.1, 0.15) is 22.8 Å². The summed E-state index contributed by atoms with van der Waals surface area (Å²) in [6.45, 7) is 1.51. The highest BCUT2D eigenvalue weighted by Crippen LogP contribution is 2.22. The molecule has 6 nitrogen and oxygen atoms in total. The van der Waals surface area contributed by atoms with E-state index < -0.39 is 5.91 Å². The van der Waals surface area contributed by atoms with Gasteiger partial charge < -0.3 is 5.32 Å². The number of nitrogens with zero attached hydrogens (tertiary/aromatic N) is 2. The molecule has 0 saturated carbocycles. The summed E-state index contributed by atoms with van der Waals surface area (Å²) in [5.41, 5.74) is 4.02. The lowest BCUT2D eigenvalue weighted by atomic mass is 10.1. The lowest BCUT2D eigenvalue weighted by Crippen LogP contribution is -2.35. The van der Waals surface area contributed by atoms with Crippen molar-refractivity contribution in [1.29, 1.82) is 0 Å². The van der Waals surface area contributed by atoms with E-state index in [2.05, 4.69) is 20.8 Å². The van der Waals surface area contributed by atoms with E-state index in [-0.39, 0.29) is 12.5 Å². The summed E-state index contributed by atoms with van der Waals surface area (Å²) in [7, 11) is 0. The van der Waals surface area contributed by atoms with Gasteiger partial charge in [-0.2, -0.15) is 5.10 Å². The smallest absolute Gasteiger partial charge is 0.259 e. The number of amides is 2. The van der Waals surface area contributed by atoms with Crippen molar-refractivity contribution in [2.75, 3.05) is 6.54 Å². The maximum absolute atomic E-state index is 11.8. The molecule has 2 N–H and O–H groups in total. The van der Waals surface area contributed by atoms with Gasteiger partial charge in [0.15, 0.2) is 0 Å². The van der Waals surface area contributed by atoms with Gasteiger partial charge in [-0.1, -0.05) is 29.3 Å². The molecule has 0 radical (unpaired) electrons. The number of pyridine rings is 1. The molecule has 1 aromatic carbocycles. The molecule has 124 valence electrons. The topological polar surface area (TPSA) is 83.5 Å². The summed E-state index contributed by atoms with van der Waals surface area (Å²) in [4.78, 5) is 27.4. The van der Waals surface area contributed by atoms with E-state index >= 15 is 0 Å². The van der Waals surface area contributed by atoms with Crippen molar-refractivity contribution in [3.05, 3.63) is 63.9 Å². The summed E-state index contributed by atoms with van der Waals surface area (Å²) in [6, 6.07) is 8.28. The van der Waals surface area contributed by atoms with Crippen molar-refractivity contribution < 1.29 is 9.59 Å². The van der Waals surface area contributed by atoms with Crippen LogP contribution in [0.15, 0.2) is 47.8 Å². The van der Waals surface area contributed by atoms with Gasteiger partial charge in [0.1, 0.15) is 0 Å². The average molecular weight is 365 g/mol. The van der Waals surface area contributed by atoms with Gasteiger partial charge >= 0.3 is 0 Å². The number of hydrogen-bond donors (Lipinski definition) is 2. The van der Waals surface area contributed by atoms with E-state index in [4.69, 9.17) is 23.2 Å². The fourth-order valence-electron chi connectivity index (χ4n) is 1.73. The fourth-order valence-corrected chi connectivity index (χ4v) is 2.03. The van der Waals surface area contributed by atoms with Crippen molar-refractivity contribution in [2.24, 2.45) is 5.10 Å². The number of nitrogens with one attached hydrogen (secondary N) is 2. The summed E-state index contributed by atoms with van der Waals surface area (Å²) in [6.07, 6.45) is 2.98. The van der Waals surface area contributed by atoms with Crippen LogP contribution in [0.5, 0.6) is 0 Å². The molecule has 2 aromatic rings. The first kappa shape index (κ1) is 17.9. The Morgan fingerprint density at radius 2 is 1.96 bits per heavy atom. The summed E-state index contributed by atoms with van der Waals surface area (Å²) < 4.78 is 0. The number of benzene rings is 1. The molecule has 24 heavy (non-hydrogen) atoms.